The summed E-state index contributed by atoms with van der Waals surface area (Å²) < 4.78 is 12.2. The summed E-state index contributed by atoms with van der Waals surface area (Å²) in [5.41, 5.74) is 2.12. The van der Waals surface area contributed by atoms with Gasteiger partial charge in [0, 0.05) is 5.66 Å². The molecule has 3 heteroatoms. The van der Waals surface area contributed by atoms with Crippen LogP contribution in [-0.2, 0) is 4.74 Å². The van der Waals surface area contributed by atoms with E-state index in [1.165, 1.54) is 50.5 Å². The quantitative estimate of drug-likeness (QED) is 0.251. The summed E-state index contributed by atoms with van der Waals surface area (Å²) >= 11 is 0. The van der Waals surface area contributed by atoms with E-state index in [2.05, 4.69) is 58.6 Å². The fourth-order valence-electron chi connectivity index (χ4n) is 6.44. The topological polar surface area (TPSA) is 18.5 Å². The van der Waals surface area contributed by atoms with E-state index in [4.69, 9.17) is 9.47 Å². The summed E-state index contributed by atoms with van der Waals surface area (Å²) in [6.07, 6.45) is 9.48. The number of hydrogen-bond acceptors (Lipinski definition) is 2. The molecule has 0 amide bonds. The van der Waals surface area contributed by atoms with Crippen LogP contribution in [0.2, 0.25) is 0 Å². The second-order valence-corrected chi connectivity index (χ2v) is 12.1. The Labute approximate surface area is 194 Å². The van der Waals surface area contributed by atoms with Gasteiger partial charge in [0.05, 0.1) is 6.61 Å². The summed E-state index contributed by atoms with van der Waals surface area (Å²) in [6.45, 7) is 14.7. The lowest BCUT2D eigenvalue weighted by molar-refractivity contribution is -0.0790. The zero-order valence-corrected chi connectivity index (χ0v) is 21.9. The van der Waals surface area contributed by atoms with E-state index in [-0.39, 0.29) is 6.29 Å². The molecular weight excluding hydrogens is 399 g/mol. The molecule has 0 heterocycles. The first kappa shape index (κ1) is 25.0. The maximum Gasteiger partial charge on any atom is 0.196 e. The number of benzene rings is 1. The molecule has 0 spiro atoms. The molecule has 0 aliphatic heterocycles. The molecule has 8 unspecified atom stereocenters. The maximum absolute atomic E-state index is 6.12. The Bertz CT molecular complexity index is 641. The van der Waals surface area contributed by atoms with Crippen LogP contribution in [0.25, 0.3) is 0 Å². The normalized spacial score (nSPS) is 30.6. The van der Waals surface area contributed by atoms with Crippen molar-refractivity contribution in [3.8, 4) is 5.75 Å². The maximum atomic E-state index is 6.12. The summed E-state index contributed by atoms with van der Waals surface area (Å²) in [5.74, 6) is 6.24. The van der Waals surface area contributed by atoms with Gasteiger partial charge < -0.3 is 9.47 Å². The van der Waals surface area contributed by atoms with Crippen LogP contribution in [0.5, 0.6) is 5.75 Å². The van der Waals surface area contributed by atoms with E-state index in [9.17, 15) is 0 Å². The minimum Gasteiger partial charge on any atom is -0.465 e. The van der Waals surface area contributed by atoms with Crippen LogP contribution in [0.15, 0.2) is 24.3 Å². The van der Waals surface area contributed by atoms with Gasteiger partial charge in [-0.25, -0.2) is 0 Å². The minimum atomic E-state index is -0.188. The average Bonchev–Trinajstić information content (AvgIpc) is 2.74. The molecule has 0 radical (unpaired) electrons. The van der Waals surface area contributed by atoms with E-state index in [0.29, 0.717) is 5.66 Å². The lowest BCUT2D eigenvalue weighted by atomic mass is 9.59. The fraction of sp³-hybridized carbons (Fsp3) is 0.786. The van der Waals surface area contributed by atoms with Gasteiger partial charge in [-0.1, -0.05) is 46.2 Å². The van der Waals surface area contributed by atoms with Crippen molar-refractivity contribution in [2.75, 3.05) is 13.3 Å². The Morgan fingerprint density at radius 2 is 1.77 bits per heavy atom. The van der Waals surface area contributed by atoms with Gasteiger partial charge in [-0.3, -0.25) is 0 Å². The lowest BCUT2D eigenvalue weighted by Crippen LogP contribution is -2.38. The van der Waals surface area contributed by atoms with Gasteiger partial charge >= 0.3 is 0 Å². The molecule has 2 bridgehead atoms. The van der Waals surface area contributed by atoms with Crippen LogP contribution in [0.3, 0.4) is 0 Å². The number of hydrogen-bond donors (Lipinski definition) is 0. The van der Waals surface area contributed by atoms with Crippen LogP contribution < -0.4 is 4.74 Å². The SMILES string of the molecule is CCC1CC2CC(C)C(CCOC(C)Oc3ccc(C(CC(C)C)PC)cc3)C(C1)C2. The van der Waals surface area contributed by atoms with Crippen molar-refractivity contribution < 1.29 is 9.47 Å². The van der Waals surface area contributed by atoms with Crippen molar-refractivity contribution in [1.29, 1.82) is 0 Å². The van der Waals surface area contributed by atoms with Crippen molar-refractivity contribution in [3.63, 3.8) is 0 Å². The van der Waals surface area contributed by atoms with Gasteiger partial charge in [0.1, 0.15) is 5.75 Å². The molecule has 2 fully saturated rings. The molecule has 2 saturated carbocycles. The summed E-state index contributed by atoms with van der Waals surface area (Å²) in [7, 11) is 0.944. The van der Waals surface area contributed by atoms with Gasteiger partial charge in [-0.15, -0.1) is 8.58 Å². The minimum absolute atomic E-state index is 0.188. The highest BCUT2D eigenvalue weighted by Crippen LogP contribution is 2.49. The Hall–Kier alpha value is -0.590. The number of ether oxygens (including phenoxy) is 2. The monoisotopic (exact) mass is 446 g/mol. The van der Waals surface area contributed by atoms with E-state index in [1.807, 2.05) is 6.92 Å². The van der Waals surface area contributed by atoms with Crippen LogP contribution in [0, 0.1) is 35.5 Å². The van der Waals surface area contributed by atoms with Crippen molar-refractivity contribution in [1.82, 2.24) is 0 Å². The van der Waals surface area contributed by atoms with E-state index in [0.717, 1.165) is 56.4 Å². The third-order valence-corrected chi connectivity index (χ3v) is 9.27. The van der Waals surface area contributed by atoms with Crippen molar-refractivity contribution in [2.45, 2.75) is 91.5 Å². The first-order valence-corrected chi connectivity index (χ1v) is 14.5. The van der Waals surface area contributed by atoms with Crippen LogP contribution in [0.1, 0.15) is 90.8 Å². The second-order valence-electron chi connectivity index (χ2n) is 10.9. The largest absolute Gasteiger partial charge is 0.465 e. The highest BCUT2D eigenvalue weighted by Gasteiger charge is 2.40. The first-order valence-electron chi connectivity index (χ1n) is 12.9. The Kier molecular flexibility index (Phi) is 9.72. The third-order valence-electron chi connectivity index (χ3n) is 8.00. The second kappa shape index (κ2) is 12.0. The standard InChI is InChI=1S/C28H47O2P/c1-7-22-16-23-15-20(4)27(25(17-22)18-23)12-13-29-21(5)30-26-10-8-24(9-11-26)28(31-6)14-19(2)3/h8-11,19-23,25,27-28,31H,7,12-18H2,1-6H3. The van der Waals surface area contributed by atoms with E-state index in [1.54, 1.807) is 0 Å². The molecule has 1 aromatic carbocycles. The molecule has 8 atom stereocenters. The molecule has 0 aromatic heterocycles. The third kappa shape index (κ3) is 7.20. The molecule has 176 valence electrons. The van der Waals surface area contributed by atoms with Crippen molar-refractivity contribution in [3.05, 3.63) is 29.8 Å². The van der Waals surface area contributed by atoms with Gasteiger partial charge in [0.2, 0.25) is 0 Å². The number of fused-ring (bicyclic) bond motifs is 2. The van der Waals surface area contributed by atoms with Gasteiger partial charge in [0.15, 0.2) is 6.29 Å². The summed E-state index contributed by atoms with van der Waals surface area (Å²) in [5, 5.41) is 0. The Morgan fingerprint density at radius 3 is 2.42 bits per heavy atom. The highest BCUT2D eigenvalue weighted by atomic mass is 31.1. The van der Waals surface area contributed by atoms with Gasteiger partial charge in [0.25, 0.3) is 0 Å². The van der Waals surface area contributed by atoms with Crippen LogP contribution in [0.4, 0.5) is 0 Å². The Balaban J connectivity index is 1.44. The lowest BCUT2D eigenvalue weighted by Gasteiger charge is -2.47. The molecule has 0 N–H and O–H groups in total. The zero-order valence-electron chi connectivity index (χ0n) is 20.9. The molecule has 31 heavy (non-hydrogen) atoms. The van der Waals surface area contributed by atoms with E-state index >= 15 is 0 Å². The summed E-state index contributed by atoms with van der Waals surface area (Å²) in [6, 6.07) is 8.75. The predicted octanol–water partition coefficient (Wildman–Crippen LogP) is 8.31. The average molecular weight is 447 g/mol. The summed E-state index contributed by atoms with van der Waals surface area (Å²) in [4.78, 5) is 0. The molecule has 0 saturated heterocycles. The van der Waals surface area contributed by atoms with Crippen molar-refractivity contribution in [2.24, 2.45) is 35.5 Å². The predicted molar refractivity (Wildman–Crippen MR) is 135 cm³/mol. The zero-order chi connectivity index (χ0) is 22.4. The van der Waals surface area contributed by atoms with Gasteiger partial charge in [-0.05, 0) is 105 Å². The van der Waals surface area contributed by atoms with Crippen LogP contribution in [-0.4, -0.2) is 19.6 Å². The highest BCUT2D eigenvalue weighted by molar-refractivity contribution is 7.37. The molecule has 3 rings (SSSR count). The molecule has 2 aliphatic rings. The number of rotatable bonds is 11. The van der Waals surface area contributed by atoms with Crippen LogP contribution >= 0.6 is 8.58 Å². The molecular formula is C28H47O2P. The smallest absolute Gasteiger partial charge is 0.196 e. The molecule has 1 aromatic rings. The Morgan fingerprint density at radius 1 is 1.03 bits per heavy atom. The van der Waals surface area contributed by atoms with Gasteiger partial charge in [-0.2, -0.15) is 0 Å². The van der Waals surface area contributed by atoms with Crippen molar-refractivity contribution >= 4 is 8.58 Å². The fourth-order valence-corrected chi connectivity index (χ4v) is 7.68. The molecule has 2 aliphatic carbocycles. The molecule has 2 nitrogen and oxygen atoms in total. The van der Waals surface area contributed by atoms with E-state index < -0.39 is 0 Å². The first-order chi connectivity index (χ1) is 14.9.